The second-order valence-corrected chi connectivity index (χ2v) is 3.41. The average Bonchev–Trinajstić information content (AvgIpc) is 2.27. The van der Waals surface area contributed by atoms with Gasteiger partial charge >= 0.3 is 5.97 Å². The van der Waals surface area contributed by atoms with Crippen molar-refractivity contribution in [1.29, 1.82) is 0 Å². The maximum Gasteiger partial charge on any atom is 0.302 e. The molecule has 0 aromatic heterocycles. The van der Waals surface area contributed by atoms with Crippen molar-refractivity contribution in [2.75, 3.05) is 6.61 Å². The van der Waals surface area contributed by atoms with Gasteiger partial charge in [0.1, 0.15) is 0 Å². The molecule has 86 valence electrons. The molecule has 0 saturated carbocycles. The first-order valence-corrected chi connectivity index (χ1v) is 5.10. The maximum atomic E-state index is 10.5. The van der Waals surface area contributed by atoms with E-state index < -0.39 is 0 Å². The fourth-order valence-electron chi connectivity index (χ4n) is 1.30. The van der Waals surface area contributed by atoms with E-state index in [1.807, 2.05) is 24.3 Å². The summed E-state index contributed by atoms with van der Waals surface area (Å²) in [4.78, 5) is 20.6. The summed E-state index contributed by atoms with van der Waals surface area (Å²) in [6.07, 6.45) is 1.38. The first-order valence-electron chi connectivity index (χ1n) is 5.10. The van der Waals surface area contributed by atoms with Crippen LogP contribution in [0.3, 0.4) is 0 Å². The lowest BCUT2D eigenvalue weighted by molar-refractivity contribution is -0.140. The molecule has 0 aliphatic carbocycles. The standard InChI is InChI=1S/C12H15NO3/c1-10(15)16-7-6-11-2-4-12(5-3-11)8-13-9-14/h2-5,9H,6-8H2,1H3,(H,13,14). The van der Waals surface area contributed by atoms with Crippen LogP contribution >= 0.6 is 0 Å². The summed E-state index contributed by atoms with van der Waals surface area (Å²) < 4.78 is 4.84. The summed E-state index contributed by atoms with van der Waals surface area (Å²) in [6.45, 7) is 2.34. The molecular formula is C12H15NO3. The van der Waals surface area contributed by atoms with Crippen LogP contribution in [0.5, 0.6) is 0 Å². The molecule has 0 bridgehead atoms. The quantitative estimate of drug-likeness (QED) is 0.576. The summed E-state index contributed by atoms with van der Waals surface area (Å²) >= 11 is 0. The molecule has 4 nitrogen and oxygen atoms in total. The van der Waals surface area contributed by atoms with Gasteiger partial charge < -0.3 is 10.1 Å². The number of carbonyl (C=O) groups excluding carboxylic acids is 2. The number of benzene rings is 1. The van der Waals surface area contributed by atoms with Crippen molar-refractivity contribution in [1.82, 2.24) is 5.32 Å². The molecule has 0 heterocycles. The van der Waals surface area contributed by atoms with Gasteiger partial charge in [0.25, 0.3) is 0 Å². The fraction of sp³-hybridized carbons (Fsp3) is 0.333. The van der Waals surface area contributed by atoms with E-state index in [4.69, 9.17) is 4.74 Å². The Kier molecular flexibility index (Phi) is 5.05. The Morgan fingerprint density at radius 3 is 2.50 bits per heavy atom. The van der Waals surface area contributed by atoms with Crippen LogP contribution in [0.2, 0.25) is 0 Å². The SMILES string of the molecule is CC(=O)OCCc1ccc(CNC=O)cc1. The van der Waals surface area contributed by atoms with E-state index in [-0.39, 0.29) is 5.97 Å². The summed E-state index contributed by atoms with van der Waals surface area (Å²) in [5.74, 6) is -0.258. The molecule has 1 aromatic rings. The number of amides is 1. The molecule has 4 heteroatoms. The van der Waals surface area contributed by atoms with Gasteiger partial charge in [-0.2, -0.15) is 0 Å². The second kappa shape index (κ2) is 6.61. The van der Waals surface area contributed by atoms with Crippen LogP contribution in [-0.4, -0.2) is 19.0 Å². The van der Waals surface area contributed by atoms with E-state index >= 15 is 0 Å². The number of nitrogens with one attached hydrogen (secondary N) is 1. The molecule has 0 aliphatic heterocycles. The molecule has 1 amide bonds. The van der Waals surface area contributed by atoms with Gasteiger partial charge in [-0.3, -0.25) is 9.59 Å². The van der Waals surface area contributed by atoms with Crippen LogP contribution < -0.4 is 5.32 Å². The molecule has 0 spiro atoms. The smallest absolute Gasteiger partial charge is 0.302 e. The van der Waals surface area contributed by atoms with E-state index in [2.05, 4.69) is 5.32 Å². The van der Waals surface area contributed by atoms with Crippen molar-refractivity contribution in [3.8, 4) is 0 Å². The highest BCUT2D eigenvalue weighted by atomic mass is 16.5. The van der Waals surface area contributed by atoms with Crippen molar-refractivity contribution in [2.45, 2.75) is 19.9 Å². The van der Waals surface area contributed by atoms with Crippen molar-refractivity contribution in [3.63, 3.8) is 0 Å². The molecule has 16 heavy (non-hydrogen) atoms. The highest BCUT2D eigenvalue weighted by Gasteiger charge is 1.96. The third kappa shape index (κ3) is 4.59. The molecule has 1 N–H and O–H groups in total. The number of ether oxygens (including phenoxy) is 1. The Morgan fingerprint density at radius 1 is 1.31 bits per heavy atom. The number of rotatable bonds is 6. The van der Waals surface area contributed by atoms with Crippen LogP contribution in [0.15, 0.2) is 24.3 Å². The molecule has 1 aromatic carbocycles. The van der Waals surface area contributed by atoms with E-state index in [0.29, 0.717) is 26.0 Å². The minimum absolute atomic E-state index is 0.258. The molecule has 0 atom stereocenters. The summed E-state index contributed by atoms with van der Waals surface area (Å²) in [5, 5.41) is 2.59. The van der Waals surface area contributed by atoms with Gasteiger partial charge in [0.05, 0.1) is 6.61 Å². The predicted octanol–water partition coefficient (Wildman–Crippen LogP) is 1.04. The molecule has 1 rings (SSSR count). The van der Waals surface area contributed by atoms with Crippen molar-refractivity contribution in [2.24, 2.45) is 0 Å². The zero-order valence-electron chi connectivity index (χ0n) is 9.23. The monoisotopic (exact) mass is 221 g/mol. The Bertz CT molecular complexity index is 346. The normalized spacial score (nSPS) is 9.56. The Labute approximate surface area is 94.6 Å². The highest BCUT2D eigenvalue weighted by Crippen LogP contribution is 2.05. The average molecular weight is 221 g/mol. The molecule has 0 fully saturated rings. The fourth-order valence-corrected chi connectivity index (χ4v) is 1.30. The lowest BCUT2D eigenvalue weighted by atomic mass is 10.1. The first-order chi connectivity index (χ1) is 7.72. The maximum absolute atomic E-state index is 10.5. The lowest BCUT2D eigenvalue weighted by Crippen LogP contribution is -2.09. The third-order valence-corrected chi connectivity index (χ3v) is 2.11. The van der Waals surface area contributed by atoms with Crippen LogP contribution in [-0.2, 0) is 27.3 Å². The predicted molar refractivity (Wildman–Crippen MR) is 59.7 cm³/mol. The summed E-state index contributed by atoms with van der Waals surface area (Å²) in [7, 11) is 0. The Hall–Kier alpha value is -1.84. The zero-order valence-corrected chi connectivity index (χ0v) is 9.23. The summed E-state index contributed by atoms with van der Waals surface area (Å²) in [5.41, 5.74) is 2.15. The second-order valence-electron chi connectivity index (χ2n) is 3.41. The van der Waals surface area contributed by atoms with Crippen LogP contribution in [0.25, 0.3) is 0 Å². The van der Waals surface area contributed by atoms with E-state index in [1.165, 1.54) is 6.92 Å². The van der Waals surface area contributed by atoms with Crippen LogP contribution in [0.1, 0.15) is 18.1 Å². The lowest BCUT2D eigenvalue weighted by Gasteiger charge is -2.04. The molecule has 0 radical (unpaired) electrons. The highest BCUT2D eigenvalue weighted by molar-refractivity contribution is 5.65. The Morgan fingerprint density at radius 2 is 1.94 bits per heavy atom. The van der Waals surface area contributed by atoms with Crippen LogP contribution in [0.4, 0.5) is 0 Å². The minimum atomic E-state index is -0.258. The van der Waals surface area contributed by atoms with Gasteiger partial charge in [0.15, 0.2) is 0 Å². The molecule has 0 aliphatic rings. The van der Waals surface area contributed by atoms with Crippen molar-refractivity contribution in [3.05, 3.63) is 35.4 Å². The number of esters is 1. The zero-order chi connectivity index (χ0) is 11.8. The molecular weight excluding hydrogens is 206 g/mol. The Balaban J connectivity index is 2.38. The largest absolute Gasteiger partial charge is 0.466 e. The topological polar surface area (TPSA) is 55.4 Å². The number of carbonyl (C=O) groups is 2. The third-order valence-electron chi connectivity index (χ3n) is 2.11. The van der Waals surface area contributed by atoms with Crippen molar-refractivity contribution >= 4 is 12.4 Å². The van der Waals surface area contributed by atoms with Gasteiger partial charge in [0.2, 0.25) is 6.41 Å². The van der Waals surface area contributed by atoms with Gasteiger partial charge in [-0.1, -0.05) is 24.3 Å². The van der Waals surface area contributed by atoms with Gasteiger partial charge in [0, 0.05) is 19.9 Å². The molecule has 0 saturated heterocycles. The van der Waals surface area contributed by atoms with E-state index in [1.54, 1.807) is 0 Å². The van der Waals surface area contributed by atoms with Crippen LogP contribution in [0, 0.1) is 0 Å². The van der Waals surface area contributed by atoms with Crippen molar-refractivity contribution < 1.29 is 14.3 Å². The molecule has 0 unspecified atom stereocenters. The van der Waals surface area contributed by atoms with Gasteiger partial charge in [-0.25, -0.2) is 0 Å². The number of hydrogen-bond donors (Lipinski definition) is 1. The van der Waals surface area contributed by atoms with Gasteiger partial charge in [-0.15, -0.1) is 0 Å². The van der Waals surface area contributed by atoms with E-state index in [0.717, 1.165) is 11.1 Å². The van der Waals surface area contributed by atoms with Gasteiger partial charge in [-0.05, 0) is 11.1 Å². The first kappa shape index (κ1) is 12.2. The summed E-state index contributed by atoms with van der Waals surface area (Å²) in [6, 6.07) is 7.82. The number of hydrogen-bond acceptors (Lipinski definition) is 3. The minimum Gasteiger partial charge on any atom is -0.466 e. The van der Waals surface area contributed by atoms with E-state index in [9.17, 15) is 9.59 Å².